The van der Waals surface area contributed by atoms with Gasteiger partial charge in [0.25, 0.3) is 0 Å². The molecular weight excluding hydrogens is 132 g/mol. The van der Waals surface area contributed by atoms with Gasteiger partial charge in [0.15, 0.2) is 0 Å². The Morgan fingerprint density at radius 1 is 1.56 bits per heavy atom. The topological polar surface area (TPSA) is 25.8 Å². The molecule has 1 heterocycles. The first-order chi connectivity index (χ1) is 4.43. The average Bonchev–Trinajstić information content (AvgIpc) is 2.43. The molecule has 3 heteroatoms. The lowest BCUT2D eigenvalue weighted by molar-refractivity contribution is 0.991. The van der Waals surface area contributed by atoms with Gasteiger partial charge in [-0.25, -0.2) is 0 Å². The monoisotopic (exact) mass is 144 g/mol. The zero-order chi connectivity index (χ0) is 7.11. The molecule has 0 atom stereocenters. The van der Waals surface area contributed by atoms with E-state index in [1.165, 1.54) is 11.5 Å². The Kier molecular flexibility index (Phi) is 5.41. The Bertz CT molecular complexity index is 126. The van der Waals surface area contributed by atoms with Crippen molar-refractivity contribution >= 4 is 11.5 Å². The molecule has 0 N–H and O–H groups in total. The Morgan fingerprint density at radius 2 is 2.22 bits per heavy atom. The number of hydrogen-bond acceptors (Lipinski definition) is 3. The summed E-state index contributed by atoms with van der Waals surface area (Å²) in [4.78, 5) is 0. The molecule has 0 aliphatic carbocycles. The van der Waals surface area contributed by atoms with Crippen LogP contribution in [0.3, 0.4) is 0 Å². The summed E-state index contributed by atoms with van der Waals surface area (Å²) in [7, 11) is 0. The highest BCUT2D eigenvalue weighted by Gasteiger charge is 1.86. The molecule has 0 aromatic carbocycles. The van der Waals surface area contributed by atoms with Gasteiger partial charge in [0.1, 0.15) is 0 Å². The van der Waals surface area contributed by atoms with Crippen LogP contribution in [0.4, 0.5) is 0 Å². The highest BCUT2D eigenvalue weighted by Crippen LogP contribution is 1.95. The normalized spacial score (nSPS) is 7.89. The second-order valence-electron chi connectivity index (χ2n) is 1.25. The van der Waals surface area contributed by atoms with Crippen LogP contribution in [0, 0.1) is 0 Å². The fourth-order valence-corrected chi connectivity index (χ4v) is 0.873. The van der Waals surface area contributed by atoms with Gasteiger partial charge in [-0.05, 0) is 18.0 Å². The van der Waals surface area contributed by atoms with Crippen molar-refractivity contribution in [1.29, 1.82) is 0 Å². The van der Waals surface area contributed by atoms with E-state index in [9.17, 15) is 0 Å². The van der Waals surface area contributed by atoms with Gasteiger partial charge in [0.05, 0.1) is 5.69 Å². The lowest BCUT2D eigenvalue weighted by Crippen LogP contribution is -1.75. The molecule has 1 aromatic heterocycles. The molecule has 0 saturated carbocycles. The van der Waals surface area contributed by atoms with Gasteiger partial charge < -0.3 is 0 Å². The van der Waals surface area contributed by atoms with E-state index in [1.54, 1.807) is 0 Å². The van der Waals surface area contributed by atoms with E-state index in [4.69, 9.17) is 0 Å². The standard InChI is InChI=1S/C4H6N2S.C2H6/c1-2-4-3-7-6-5-4;1-2/h3H,2H2,1H3;1-2H3. The van der Waals surface area contributed by atoms with Crippen LogP contribution in [0.1, 0.15) is 26.5 Å². The minimum absolute atomic E-state index is 0.997. The molecule has 0 bridgehead atoms. The molecule has 0 radical (unpaired) electrons. The molecule has 0 spiro atoms. The number of aromatic nitrogens is 2. The Hall–Kier alpha value is -0.440. The van der Waals surface area contributed by atoms with E-state index in [0.717, 1.165) is 12.1 Å². The smallest absolute Gasteiger partial charge is 0.0752 e. The number of hydrogen-bond donors (Lipinski definition) is 0. The van der Waals surface area contributed by atoms with Crippen LogP contribution in [0.25, 0.3) is 0 Å². The first kappa shape index (κ1) is 8.56. The maximum absolute atomic E-state index is 3.80. The highest BCUT2D eigenvalue weighted by molar-refractivity contribution is 7.03. The van der Waals surface area contributed by atoms with E-state index in [0.29, 0.717) is 0 Å². The van der Waals surface area contributed by atoms with Crippen LogP contribution in [0.5, 0.6) is 0 Å². The van der Waals surface area contributed by atoms with Gasteiger partial charge in [0, 0.05) is 5.38 Å². The van der Waals surface area contributed by atoms with Gasteiger partial charge >= 0.3 is 0 Å². The summed E-state index contributed by atoms with van der Waals surface area (Å²) in [6.07, 6.45) is 0.997. The van der Waals surface area contributed by atoms with Gasteiger partial charge in [-0.3, -0.25) is 0 Å². The number of aryl methyl sites for hydroxylation is 1. The SMILES string of the molecule is CC.CCc1csnn1. The molecule has 0 amide bonds. The van der Waals surface area contributed by atoms with Crippen molar-refractivity contribution in [3.05, 3.63) is 11.1 Å². The fourth-order valence-electron chi connectivity index (χ4n) is 0.338. The molecule has 0 saturated heterocycles. The first-order valence-electron chi connectivity index (χ1n) is 3.19. The Balaban J connectivity index is 0.000000291. The molecule has 9 heavy (non-hydrogen) atoms. The third-order valence-corrected chi connectivity index (χ3v) is 1.32. The van der Waals surface area contributed by atoms with Crippen molar-refractivity contribution < 1.29 is 0 Å². The lowest BCUT2D eigenvalue weighted by Gasteiger charge is -1.74. The van der Waals surface area contributed by atoms with Crippen molar-refractivity contribution in [2.24, 2.45) is 0 Å². The molecule has 2 nitrogen and oxygen atoms in total. The predicted octanol–water partition coefficient (Wildman–Crippen LogP) is 2.13. The van der Waals surface area contributed by atoms with Crippen LogP contribution < -0.4 is 0 Å². The summed E-state index contributed by atoms with van der Waals surface area (Å²) in [5, 5.41) is 5.76. The summed E-state index contributed by atoms with van der Waals surface area (Å²) in [6.45, 7) is 6.07. The van der Waals surface area contributed by atoms with Crippen LogP contribution in [-0.2, 0) is 6.42 Å². The van der Waals surface area contributed by atoms with Gasteiger partial charge in [-0.15, -0.1) is 5.10 Å². The highest BCUT2D eigenvalue weighted by atomic mass is 32.1. The fraction of sp³-hybridized carbons (Fsp3) is 0.667. The van der Waals surface area contributed by atoms with E-state index >= 15 is 0 Å². The summed E-state index contributed by atoms with van der Waals surface area (Å²) >= 11 is 1.40. The average molecular weight is 144 g/mol. The second kappa shape index (κ2) is 5.69. The van der Waals surface area contributed by atoms with Crippen molar-refractivity contribution in [1.82, 2.24) is 9.59 Å². The molecule has 0 aliphatic rings. The summed E-state index contributed by atoms with van der Waals surface area (Å²) in [5.74, 6) is 0. The Morgan fingerprint density at radius 3 is 2.44 bits per heavy atom. The predicted molar refractivity (Wildman–Crippen MR) is 40.6 cm³/mol. The maximum atomic E-state index is 3.80. The largest absolute Gasteiger partial charge is 0.143 e. The molecular formula is C6H12N2S. The molecule has 0 unspecified atom stereocenters. The number of rotatable bonds is 1. The number of nitrogens with zero attached hydrogens (tertiary/aromatic N) is 2. The maximum Gasteiger partial charge on any atom is 0.0752 e. The minimum Gasteiger partial charge on any atom is -0.143 e. The lowest BCUT2D eigenvalue weighted by atomic mass is 10.4. The summed E-state index contributed by atoms with van der Waals surface area (Å²) < 4.78 is 3.68. The summed E-state index contributed by atoms with van der Waals surface area (Å²) in [5.41, 5.74) is 1.09. The van der Waals surface area contributed by atoms with E-state index in [2.05, 4.69) is 16.5 Å². The third kappa shape index (κ3) is 3.19. The van der Waals surface area contributed by atoms with Crippen molar-refractivity contribution in [3.8, 4) is 0 Å². The van der Waals surface area contributed by atoms with Gasteiger partial charge in [0.2, 0.25) is 0 Å². The van der Waals surface area contributed by atoms with Crippen LogP contribution >= 0.6 is 11.5 Å². The minimum atomic E-state index is 0.997. The molecule has 0 fully saturated rings. The quantitative estimate of drug-likeness (QED) is 0.603. The van der Waals surface area contributed by atoms with Crippen molar-refractivity contribution in [3.63, 3.8) is 0 Å². The van der Waals surface area contributed by atoms with E-state index in [1.807, 2.05) is 19.2 Å². The van der Waals surface area contributed by atoms with Gasteiger partial charge in [-0.2, -0.15) is 0 Å². The van der Waals surface area contributed by atoms with Crippen LogP contribution in [0.2, 0.25) is 0 Å². The third-order valence-electron chi connectivity index (χ3n) is 0.767. The zero-order valence-electron chi connectivity index (χ0n) is 6.09. The van der Waals surface area contributed by atoms with Crippen LogP contribution in [-0.4, -0.2) is 9.59 Å². The first-order valence-corrected chi connectivity index (χ1v) is 4.03. The van der Waals surface area contributed by atoms with E-state index < -0.39 is 0 Å². The molecule has 1 aromatic rings. The Labute approximate surface area is 60.1 Å². The summed E-state index contributed by atoms with van der Waals surface area (Å²) in [6, 6.07) is 0. The molecule has 0 aliphatic heterocycles. The van der Waals surface area contributed by atoms with Gasteiger partial charge in [-0.1, -0.05) is 25.3 Å². The molecule has 1 rings (SSSR count). The van der Waals surface area contributed by atoms with E-state index in [-0.39, 0.29) is 0 Å². The van der Waals surface area contributed by atoms with Crippen molar-refractivity contribution in [2.45, 2.75) is 27.2 Å². The zero-order valence-corrected chi connectivity index (χ0v) is 6.90. The molecule has 52 valence electrons. The van der Waals surface area contributed by atoms with Crippen molar-refractivity contribution in [2.75, 3.05) is 0 Å². The van der Waals surface area contributed by atoms with Crippen LogP contribution in [0.15, 0.2) is 5.38 Å². The second-order valence-corrected chi connectivity index (χ2v) is 1.86.